The fourth-order valence-corrected chi connectivity index (χ4v) is 4.07. The number of fused-ring (bicyclic) bond motifs is 3. The molecule has 1 amide bonds. The van der Waals surface area contributed by atoms with Gasteiger partial charge >= 0.3 is 0 Å². The van der Waals surface area contributed by atoms with Crippen LogP contribution in [0.25, 0.3) is 16.6 Å². The van der Waals surface area contributed by atoms with Crippen LogP contribution in [-0.4, -0.2) is 39.7 Å². The second-order valence-electron chi connectivity index (χ2n) is 7.62. The third-order valence-corrected chi connectivity index (χ3v) is 5.62. The van der Waals surface area contributed by atoms with Crippen molar-refractivity contribution in [2.24, 2.45) is 0 Å². The first-order chi connectivity index (χ1) is 15.0. The zero-order chi connectivity index (χ0) is 22.0. The number of para-hydroxylation sites is 2. The average molecular weight is 418 g/mol. The van der Waals surface area contributed by atoms with Gasteiger partial charge in [0.25, 0.3) is 5.56 Å². The van der Waals surface area contributed by atoms with Crippen molar-refractivity contribution in [2.45, 2.75) is 26.8 Å². The molecule has 2 aromatic carbocycles. The van der Waals surface area contributed by atoms with Crippen molar-refractivity contribution < 1.29 is 4.79 Å². The SMILES string of the molecule is CCN(CCNC(=O)[C@@H](C)n1c2ccccc2c2nc(=O)cc(C)n21)c1ccccc1. The zero-order valence-corrected chi connectivity index (χ0v) is 18.1. The number of hydrogen-bond acceptors (Lipinski definition) is 4. The first-order valence-electron chi connectivity index (χ1n) is 10.6. The minimum absolute atomic E-state index is 0.0788. The van der Waals surface area contributed by atoms with Gasteiger partial charge in [-0.05, 0) is 45.0 Å². The number of anilines is 1. The maximum Gasteiger partial charge on any atom is 0.273 e. The monoisotopic (exact) mass is 417 g/mol. The highest BCUT2D eigenvalue weighted by Gasteiger charge is 2.22. The van der Waals surface area contributed by atoms with Gasteiger partial charge in [-0.15, -0.1) is 0 Å². The van der Waals surface area contributed by atoms with Gasteiger partial charge in [0.15, 0.2) is 5.65 Å². The van der Waals surface area contributed by atoms with Crippen LogP contribution in [0.1, 0.15) is 25.6 Å². The molecule has 0 aliphatic heterocycles. The van der Waals surface area contributed by atoms with Crippen molar-refractivity contribution in [3.8, 4) is 0 Å². The van der Waals surface area contributed by atoms with E-state index in [0.29, 0.717) is 12.2 Å². The number of aromatic nitrogens is 3. The molecule has 4 rings (SSSR count). The molecule has 2 aromatic heterocycles. The van der Waals surface area contributed by atoms with Gasteiger partial charge in [0.05, 0.1) is 5.52 Å². The van der Waals surface area contributed by atoms with E-state index in [1.54, 1.807) is 0 Å². The van der Waals surface area contributed by atoms with E-state index in [4.69, 9.17) is 0 Å². The second kappa shape index (κ2) is 8.63. The highest BCUT2D eigenvalue weighted by atomic mass is 16.2. The Labute approximate surface area is 180 Å². The molecule has 0 spiro atoms. The summed E-state index contributed by atoms with van der Waals surface area (Å²) in [6, 6.07) is 18.9. The lowest BCUT2D eigenvalue weighted by Gasteiger charge is -2.24. The molecule has 4 aromatic rings. The van der Waals surface area contributed by atoms with Gasteiger partial charge in [0, 0.05) is 42.5 Å². The Morgan fingerprint density at radius 3 is 2.58 bits per heavy atom. The van der Waals surface area contributed by atoms with Crippen LogP contribution in [0.5, 0.6) is 0 Å². The maximum atomic E-state index is 13.1. The predicted octanol–water partition coefficient (Wildman–Crippen LogP) is 3.16. The summed E-state index contributed by atoms with van der Waals surface area (Å²) in [5.41, 5.74) is 3.04. The first-order valence-corrected chi connectivity index (χ1v) is 10.6. The summed E-state index contributed by atoms with van der Waals surface area (Å²) in [4.78, 5) is 31.5. The number of nitrogens with one attached hydrogen (secondary N) is 1. The fourth-order valence-electron chi connectivity index (χ4n) is 4.07. The molecule has 0 fully saturated rings. The molecule has 7 heteroatoms. The minimum Gasteiger partial charge on any atom is -0.370 e. The van der Waals surface area contributed by atoms with E-state index in [-0.39, 0.29) is 11.5 Å². The summed E-state index contributed by atoms with van der Waals surface area (Å²) < 4.78 is 3.77. The largest absolute Gasteiger partial charge is 0.370 e. The lowest BCUT2D eigenvalue weighted by Crippen LogP contribution is -2.38. The Balaban J connectivity index is 1.58. The molecular weight excluding hydrogens is 390 g/mol. The number of hydrogen-bond donors (Lipinski definition) is 1. The predicted molar refractivity (Wildman–Crippen MR) is 124 cm³/mol. The smallest absolute Gasteiger partial charge is 0.273 e. The Kier molecular flexibility index (Phi) is 5.75. The number of aryl methyl sites for hydroxylation is 1. The summed E-state index contributed by atoms with van der Waals surface area (Å²) >= 11 is 0. The van der Waals surface area contributed by atoms with Crippen LogP contribution in [0.4, 0.5) is 5.69 Å². The quantitative estimate of drug-likeness (QED) is 0.501. The molecule has 160 valence electrons. The normalized spacial score (nSPS) is 12.2. The summed E-state index contributed by atoms with van der Waals surface area (Å²) in [5, 5.41) is 3.92. The highest BCUT2D eigenvalue weighted by molar-refractivity contribution is 5.94. The van der Waals surface area contributed by atoms with Crippen LogP contribution in [0.2, 0.25) is 0 Å². The molecule has 0 aliphatic rings. The summed E-state index contributed by atoms with van der Waals surface area (Å²) in [6.07, 6.45) is 0. The maximum absolute atomic E-state index is 13.1. The number of nitrogens with zero attached hydrogens (tertiary/aromatic N) is 4. The van der Waals surface area contributed by atoms with Crippen LogP contribution in [-0.2, 0) is 4.79 Å². The Bertz CT molecular complexity index is 1280. The van der Waals surface area contributed by atoms with Gasteiger partial charge in [-0.25, -0.2) is 4.52 Å². The lowest BCUT2D eigenvalue weighted by molar-refractivity contribution is -0.124. The number of amides is 1. The van der Waals surface area contributed by atoms with E-state index in [1.165, 1.54) is 6.07 Å². The molecule has 7 nitrogen and oxygen atoms in total. The van der Waals surface area contributed by atoms with Crippen LogP contribution < -0.4 is 15.8 Å². The summed E-state index contributed by atoms with van der Waals surface area (Å²) in [5.74, 6) is -0.0788. The molecule has 1 N–H and O–H groups in total. The van der Waals surface area contributed by atoms with Gasteiger partial charge < -0.3 is 10.2 Å². The van der Waals surface area contributed by atoms with Gasteiger partial charge in [0.1, 0.15) is 6.04 Å². The molecule has 0 saturated carbocycles. The second-order valence-corrected chi connectivity index (χ2v) is 7.62. The first kappa shape index (κ1) is 20.7. The van der Waals surface area contributed by atoms with E-state index in [0.717, 1.165) is 35.4 Å². The van der Waals surface area contributed by atoms with E-state index in [2.05, 4.69) is 34.3 Å². The number of likely N-dealkylation sites (N-methyl/N-ethyl adjacent to an activating group) is 1. The molecule has 31 heavy (non-hydrogen) atoms. The molecule has 0 aliphatic carbocycles. The van der Waals surface area contributed by atoms with Crippen LogP contribution >= 0.6 is 0 Å². The third kappa shape index (κ3) is 3.91. The fraction of sp³-hybridized carbons (Fsp3) is 0.292. The number of rotatable bonds is 7. The summed E-state index contributed by atoms with van der Waals surface area (Å²) in [7, 11) is 0. The van der Waals surface area contributed by atoms with Crippen molar-refractivity contribution >= 4 is 28.1 Å². The van der Waals surface area contributed by atoms with Crippen molar-refractivity contribution in [3.63, 3.8) is 0 Å². The van der Waals surface area contributed by atoms with E-state index < -0.39 is 6.04 Å². The van der Waals surface area contributed by atoms with Gasteiger partial charge in [-0.1, -0.05) is 30.3 Å². The van der Waals surface area contributed by atoms with Crippen LogP contribution in [0.15, 0.2) is 65.5 Å². The van der Waals surface area contributed by atoms with Gasteiger partial charge in [-0.2, -0.15) is 4.98 Å². The van der Waals surface area contributed by atoms with E-state index in [1.807, 2.05) is 65.5 Å². The summed E-state index contributed by atoms with van der Waals surface area (Å²) in [6.45, 7) is 7.95. The highest BCUT2D eigenvalue weighted by Crippen LogP contribution is 2.25. The molecule has 0 unspecified atom stereocenters. The third-order valence-electron chi connectivity index (χ3n) is 5.62. The molecule has 0 bridgehead atoms. The van der Waals surface area contributed by atoms with E-state index in [9.17, 15) is 9.59 Å². The molecular formula is C24H27N5O2. The molecule has 0 saturated heterocycles. The zero-order valence-electron chi connectivity index (χ0n) is 18.1. The molecule has 2 heterocycles. The minimum atomic E-state index is -0.475. The van der Waals surface area contributed by atoms with Gasteiger partial charge in [-0.3, -0.25) is 14.3 Å². The van der Waals surface area contributed by atoms with Gasteiger partial charge in [0.2, 0.25) is 5.91 Å². The van der Waals surface area contributed by atoms with E-state index >= 15 is 0 Å². The Morgan fingerprint density at radius 1 is 1.13 bits per heavy atom. The van der Waals surface area contributed by atoms with Crippen molar-refractivity contribution in [1.82, 2.24) is 19.5 Å². The molecule has 0 radical (unpaired) electrons. The van der Waals surface area contributed by atoms with Crippen molar-refractivity contribution in [3.05, 3.63) is 76.7 Å². The lowest BCUT2D eigenvalue weighted by atomic mass is 10.2. The Hall–Kier alpha value is -3.61. The number of carbonyl (C=O) groups is 1. The average Bonchev–Trinajstić information content (AvgIpc) is 3.11. The van der Waals surface area contributed by atoms with Crippen LogP contribution in [0, 0.1) is 6.92 Å². The topological polar surface area (TPSA) is 71.6 Å². The van der Waals surface area contributed by atoms with Crippen LogP contribution in [0.3, 0.4) is 0 Å². The standard InChI is InChI=1S/C24H27N5O2/c1-4-27(19-10-6-5-7-11-19)15-14-25-24(31)18(3)29-21-13-9-8-12-20(21)23-26-22(30)16-17(2)28(23)29/h5-13,16,18H,4,14-15H2,1-3H3,(H,25,31)/t18-/m1/s1. The Morgan fingerprint density at radius 2 is 1.84 bits per heavy atom. The van der Waals surface area contributed by atoms with Crippen molar-refractivity contribution in [2.75, 3.05) is 24.5 Å². The number of carbonyl (C=O) groups excluding carboxylic acids is 1. The molecule has 1 atom stereocenters. The number of benzene rings is 2. The van der Waals surface area contributed by atoms with Crippen molar-refractivity contribution in [1.29, 1.82) is 0 Å².